The van der Waals surface area contributed by atoms with Gasteiger partial charge in [0.1, 0.15) is 0 Å². The van der Waals surface area contributed by atoms with Gasteiger partial charge in [-0.25, -0.2) is 4.79 Å². The van der Waals surface area contributed by atoms with Crippen molar-refractivity contribution in [2.45, 2.75) is 13.0 Å². The summed E-state index contributed by atoms with van der Waals surface area (Å²) >= 11 is 3.40. The molecule has 0 aliphatic heterocycles. The van der Waals surface area contributed by atoms with Crippen molar-refractivity contribution in [2.24, 2.45) is 0 Å². The lowest BCUT2D eigenvalue weighted by Crippen LogP contribution is -2.33. The minimum atomic E-state index is -1.07. The summed E-state index contributed by atoms with van der Waals surface area (Å²) in [5.74, 6) is -1.44. The molecule has 0 fully saturated rings. The van der Waals surface area contributed by atoms with Gasteiger partial charge in [0.05, 0.1) is 5.56 Å². The lowest BCUT2D eigenvalue weighted by Gasteiger charge is -2.14. The van der Waals surface area contributed by atoms with Gasteiger partial charge in [-0.3, -0.25) is 4.79 Å². The minimum absolute atomic E-state index is 0.376. The van der Waals surface area contributed by atoms with Gasteiger partial charge in [0.25, 0.3) is 5.91 Å². The van der Waals surface area contributed by atoms with Crippen molar-refractivity contribution in [3.8, 4) is 0 Å². The van der Waals surface area contributed by atoms with E-state index in [1.165, 1.54) is 11.3 Å². The second kappa shape index (κ2) is 6.36. The lowest BCUT2D eigenvalue weighted by atomic mass is 10.1. The molecule has 0 saturated heterocycles. The molecule has 1 heterocycles. The summed E-state index contributed by atoms with van der Waals surface area (Å²) in [7, 11) is 0. The number of halogens is 1. The van der Waals surface area contributed by atoms with Crippen LogP contribution >= 0.6 is 33.9 Å². The molecule has 0 aliphatic rings. The summed E-state index contributed by atoms with van der Waals surface area (Å²) < 4.78 is 0.831. The summed E-state index contributed by atoms with van der Waals surface area (Å²) in [6, 6.07) is 7.83. The largest absolute Gasteiger partial charge is 0.479 e. The van der Waals surface area contributed by atoms with Crippen LogP contribution in [0.3, 0.4) is 0 Å². The smallest absolute Gasteiger partial charge is 0.331 e. The second-order valence-electron chi connectivity index (χ2n) is 4.20. The first kappa shape index (κ1) is 15.0. The quantitative estimate of drug-likeness (QED) is 0.774. The van der Waals surface area contributed by atoms with Gasteiger partial charge in [-0.15, -0.1) is 11.3 Å². The van der Waals surface area contributed by atoms with Crippen molar-refractivity contribution in [3.63, 3.8) is 0 Å². The first-order chi connectivity index (χ1) is 9.50. The number of carboxylic acid groups (broad SMARTS) is 1. The molecule has 2 aromatic rings. The number of aryl methyl sites for hydroxylation is 1. The molecule has 1 atom stereocenters. The van der Waals surface area contributed by atoms with Gasteiger partial charge in [-0.1, -0.05) is 18.2 Å². The number of nitrogens with one attached hydrogen (secondary N) is 1. The first-order valence-electron chi connectivity index (χ1n) is 5.83. The van der Waals surface area contributed by atoms with Crippen LogP contribution in [-0.4, -0.2) is 17.0 Å². The molecule has 20 heavy (non-hydrogen) atoms. The van der Waals surface area contributed by atoms with Crippen molar-refractivity contribution >= 4 is 45.8 Å². The normalized spacial score (nSPS) is 11.9. The van der Waals surface area contributed by atoms with Crippen molar-refractivity contribution in [2.75, 3.05) is 0 Å². The maximum Gasteiger partial charge on any atom is 0.331 e. The molecule has 1 unspecified atom stereocenters. The predicted octanol–water partition coefficient (Wildman–Crippen LogP) is 3.22. The highest BCUT2D eigenvalue weighted by atomic mass is 127. The summed E-state index contributed by atoms with van der Waals surface area (Å²) in [6.45, 7) is 1.91. The summed E-state index contributed by atoms with van der Waals surface area (Å²) in [6.07, 6.45) is 0. The van der Waals surface area contributed by atoms with E-state index in [9.17, 15) is 14.7 Å². The fraction of sp³-hybridized carbons (Fsp3) is 0.143. The Labute approximate surface area is 134 Å². The molecule has 1 amide bonds. The third kappa shape index (κ3) is 3.18. The maximum absolute atomic E-state index is 12.3. The van der Waals surface area contributed by atoms with E-state index < -0.39 is 12.0 Å². The van der Waals surface area contributed by atoms with E-state index in [0.717, 1.165) is 9.13 Å². The summed E-state index contributed by atoms with van der Waals surface area (Å²) in [5, 5.41) is 13.6. The highest BCUT2D eigenvalue weighted by Crippen LogP contribution is 2.21. The highest BCUT2D eigenvalue weighted by molar-refractivity contribution is 14.1. The number of benzene rings is 1. The van der Waals surface area contributed by atoms with Crippen molar-refractivity contribution in [1.82, 2.24) is 5.32 Å². The highest BCUT2D eigenvalue weighted by Gasteiger charge is 2.24. The zero-order valence-corrected chi connectivity index (χ0v) is 13.6. The third-order valence-electron chi connectivity index (χ3n) is 2.79. The number of carbonyl (C=O) groups is 2. The van der Waals surface area contributed by atoms with Crippen LogP contribution in [0.2, 0.25) is 0 Å². The van der Waals surface area contributed by atoms with E-state index in [2.05, 4.69) is 27.9 Å². The number of carbonyl (C=O) groups excluding carboxylic acids is 1. The first-order valence-corrected chi connectivity index (χ1v) is 7.78. The minimum Gasteiger partial charge on any atom is -0.479 e. The van der Waals surface area contributed by atoms with Gasteiger partial charge in [0, 0.05) is 8.45 Å². The summed E-state index contributed by atoms with van der Waals surface area (Å²) in [5.41, 5.74) is 1.48. The fourth-order valence-corrected chi connectivity index (χ4v) is 3.11. The number of rotatable bonds is 4. The van der Waals surface area contributed by atoms with Crippen LogP contribution in [0.5, 0.6) is 0 Å². The molecule has 2 rings (SSSR count). The Morgan fingerprint density at radius 3 is 2.65 bits per heavy atom. The van der Waals surface area contributed by atoms with Crippen molar-refractivity contribution < 1.29 is 14.7 Å². The van der Waals surface area contributed by atoms with Crippen molar-refractivity contribution in [3.05, 3.63) is 55.3 Å². The summed E-state index contributed by atoms with van der Waals surface area (Å²) in [4.78, 5) is 24.2. The van der Waals surface area contributed by atoms with E-state index in [4.69, 9.17) is 0 Å². The molecule has 4 nitrogen and oxygen atoms in total. The fourth-order valence-electron chi connectivity index (χ4n) is 1.74. The number of hydrogen-bond donors (Lipinski definition) is 2. The second-order valence-corrected chi connectivity index (χ2v) is 6.25. The van der Waals surface area contributed by atoms with Gasteiger partial charge in [0.15, 0.2) is 6.04 Å². The number of carboxylic acids is 1. The monoisotopic (exact) mass is 401 g/mol. The van der Waals surface area contributed by atoms with Crippen LogP contribution in [-0.2, 0) is 4.79 Å². The van der Waals surface area contributed by atoms with E-state index in [1.807, 2.05) is 13.0 Å². The molecule has 104 valence electrons. The molecule has 6 heteroatoms. The molecule has 0 spiro atoms. The molecule has 1 aromatic carbocycles. The SMILES string of the molecule is Cc1cccc(C(=O)NC(C(=O)O)c2cccs2)c1I. The van der Waals surface area contributed by atoms with E-state index >= 15 is 0 Å². The zero-order valence-electron chi connectivity index (χ0n) is 10.6. The average Bonchev–Trinajstić information content (AvgIpc) is 2.92. The topological polar surface area (TPSA) is 66.4 Å². The maximum atomic E-state index is 12.3. The number of amides is 1. The standard InChI is InChI=1S/C14H12INO3S/c1-8-4-2-5-9(11(8)15)13(17)16-12(14(18)19)10-6-3-7-20-10/h2-7,12H,1H3,(H,16,17)(H,18,19). The van der Waals surface area contributed by atoms with Gasteiger partial charge >= 0.3 is 5.97 Å². The van der Waals surface area contributed by atoms with Crippen LogP contribution < -0.4 is 5.32 Å². The molecule has 0 saturated carbocycles. The van der Waals surface area contributed by atoms with Crippen LogP contribution in [0.1, 0.15) is 26.8 Å². The molecule has 1 aromatic heterocycles. The Morgan fingerprint density at radius 2 is 2.05 bits per heavy atom. The van der Waals surface area contributed by atoms with Gasteiger partial charge in [0.2, 0.25) is 0 Å². The average molecular weight is 401 g/mol. The number of aliphatic carboxylic acids is 1. The Balaban J connectivity index is 2.25. The Morgan fingerprint density at radius 1 is 1.30 bits per heavy atom. The Bertz CT molecular complexity index is 640. The van der Waals surface area contributed by atoms with Gasteiger partial charge in [-0.05, 0) is 52.6 Å². The van der Waals surface area contributed by atoms with Crippen LogP contribution in [0.4, 0.5) is 0 Å². The molecule has 0 bridgehead atoms. The Kier molecular flexibility index (Phi) is 4.77. The Hall–Kier alpha value is -1.41. The lowest BCUT2D eigenvalue weighted by molar-refractivity contribution is -0.139. The number of thiophene rings is 1. The van der Waals surface area contributed by atoms with Crippen LogP contribution in [0.25, 0.3) is 0 Å². The van der Waals surface area contributed by atoms with Crippen LogP contribution in [0.15, 0.2) is 35.7 Å². The van der Waals surface area contributed by atoms with Crippen molar-refractivity contribution in [1.29, 1.82) is 0 Å². The zero-order chi connectivity index (χ0) is 14.7. The third-order valence-corrected chi connectivity index (χ3v) is 5.16. The van der Waals surface area contributed by atoms with E-state index in [-0.39, 0.29) is 5.91 Å². The molecule has 2 N–H and O–H groups in total. The van der Waals surface area contributed by atoms with Crippen LogP contribution in [0, 0.1) is 10.5 Å². The molecule has 0 aliphatic carbocycles. The molecule has 0 radical (unpaired) electrons. The number of hydrogen-bond acceptors (Lipinski definition) is 3. The van der Waals surface area contributed by atoms with E-state index in [0.29, 0.717) is 10.4 Å². The van der Waals surface area contributed by atoms with Gasteiger partial charge < -0.3 is 10.4 Å². The van der Waals surface area contributed by atoms with Gasteiger partial charge in [-0.2, -0.15) is 0 Å². The van der Waals surface area contributed by atoms with E-state index in [1.54, 1.807) is 29.6 Å². The predicted molar refractivity (Wildman–Crippen MR) is 86.1 cm³/mol. The molecular weight excluding hydrogens is 389 g/mol. The molecular formula is C14H12INO3S.